The van der Waals surface area contributed by atoms with Gasteiger partial charge in [-0.15, -0.1) is 0 Å². The van der Waals surface area contributed by atoms with Crippen molar-refractivity contribution in [3.63, 3.8) is 0 Å². The van der Waals surface area contributed by atoms with Gasteiger partial charge in [0.1, 0.15) is 11.5 Å². The molecule has 0 fully saturated rings. The number of nitrogens with one attached hydrogen (secondary N) is 2. The molecule has 0 spiro atoms. The molecule has 0 unspecified atom stereocenters. The fourth-order valence-electron chi connectivity index (χ4n) is 6.32. The number of hydrogen-bond donors (Lipinski definition) is 2. The topological polar surface area (TPSA) is 101 Å². The van der Waals surface area contributed by atoms with Gasteiger partial charge in [-0.1, -0.05) is 118 Å². The smallest absolute Gasteiger partial charge is 0.277 e. The molecule has 8 nitrogen and oxygen atoms in total. The lowest BCUT2D eigenvalue weighted by Gasteiger charge is -2.33. The van der Waals surface area contributed by atoms with E-state index in [1.54, 1.807) is 0 Å². The first-order chi connectivity index (χ1) is 22.3. The zero-order chi connectivity index (χ0) is 35.6. The molecule has 2 N–H and O–H groups in total. The molecule has 0 aliphatic heterocycles. The van der Waals surface area contributed by atoms with E-state index in [1.165, 1.54) is 23.6 Å². The summed E-state index contributed by atoms with van der Waals surface area (Å²) in [6, 6.07) is 23.1. The Kier molecular flexibility index (Phi) is 12.7. The summed E-state index contributed by atoms with van der Waals surface area (Å²) in [6.45, 7) is 22.1. The van der Waals surface area contributed by atoms with Crippen LogP contribution in [0.4, 0.5) is 0 Å². The Hall–Kier alpha value is -4.46. The molecule has 0 aliphatic carbocycles. The zero-order valence-electron chi connectivity index (χ0n) is 30.4. The van der Waals surface area contributed by atoms with Crippen molar-refractivity contribution in [2.24, 2.45) is 21.0 Å². The molecule has 0 aliphatic rings. The number of ether oxygens (including phenoxy) is 2. The van der Waals surface area contributed by atoms with Crippen molar-refractivity contribution in [2.45, 2.75) is 92.9 Å². The van der Waals surface area contributed by atoms with Crippen molar-refractivity contribution in [3.05, 3.63) is 95.1 Å². The zero-order valence-corrected chi connectivity index (χ0v) is 30.4. The highest BCUT2D eigenvalue weighted by atomic mass is 16.5. The van der Waals surface area contributed by atoms with Gasteiger partial charge in [0.2, 0.25) is 0 Å². The van der Waals surface area contributed by atoms with Crippen LogP contribution in [0.25, 0.3) is 0 Å². The second kappa shape index (κ2) is 16.1. The number of benzene rings is 3. The molecule has 0 saturated carbocycles. The third-order valence-corrected chi connectivity index (χ3v) is 7.74. The van der Waals surface area contributed by atoms with E-state index in [0.717, 1.165) is 12.8 Å². The first kappa shape index (κ1) is 38.0. The largest absolute Gasteiger partial charge is 0.484 e. The number of carbonyl (C=O) groups is 2. The molecule has 3 aromatic carbocycles. The minimum atomic E-state index is -0.384. The van der Waals surface area contributed by atoms with E-state index in [1.807, 2.05) is 48.5 Å². The second-order valence-corrected chi connectivity index (χ2v) is 16.1. The molecule has 0 aromatic heterocycles. The lowest BCUT2D eigenvalue weighted by atomic mass is 9.72. The van der Waals surface area contributed by atoms with Gasteiger partial charge in [-0.2, -0.15) is 10.2 Å². The summed E-state index contributed by atoms with van der Waals surface area (Å²) in [5, 5.41) is 8.13. The van der Waals surface area contributed by atoms with Crippen LogP contribution in [0.1, 0.15) is 104 Å². The maximum absolute atomic E-state index is 12.4. The van der Waals surface area contributed by atoms with Crippen molar-refractivity contribution in [2.75, 3.05) is 13.2 Å². The number of amides is 2. The minimum absolute atomic E-state index is 0.0287. The van der Waals surface area contributed by atoms with Crippen LogP contribution >= 0.6 is 0 Å². The Balaban J connectivity index is 1.45. The van der Waals surface area contributed by atoms with Gasteiger partial charge in [-0.25, -0.2) is 10.9 Å². The summed E-state index contributed by atoms with van der Waals surface area (Å²) in [6.07, 6.45) is 5.13. The third kappa shape index (κ3) is 13.0. The Morgan fingerprint density at radius 1 is 0.562 bits per heavy atom. The highest BCUT2D eigenvalue weighted by Crippen LogP contribution is 2.37. The molecule has 8 heteroatoms. The standard InChI is InChI=1S/C40H54N4O4/c1-37(2,3)27-39(7,8)31-15-19-33(20-16-31)47-25-35(45)43-41-23-29-13-11-12-14-30(29)24-42-44-36(46)26-48-34-21-17-32(18-22-34)40(9,10)28-38(4,5)6/h11-24H,25-28H2,1-10H3,(H,43,45)(H,44,46)/b41-23-,42-24+. The summed E-state index contributed by atoms with van der Waals surface area (Å²) in [5.41, 5.74) is 9.34. The van der Waals surface area contributed by atoms with Crippen LogP contribution in [0.5, 0.6) is 11.5 Å². The average molecular weight is 655 g/mol. The summed E-state index contributed by atoms with van der Waals surface area (Å²) in [7, 11) is 0. The predicted molar refractivity (Wildman–Crippen MR) is 196 cm³/mol. The lowest BCUT2D eigenvalue weighted by Crippen LogP contribution is -2.25. The van der Waals surface area contributed by atoms with E-state index < -0.39 is 0 Å². The van der Waals surface area contributed by atoms with Crippen molar-refractivity contribution < 1.29 is 19.1 Å². The lowest BCUT2D eigenvalue weighted by molar-refractivity contribution is -0.123. The quantitative estimate of drug-likeness (QED) is 0.135. The van der Waals surface area contributed by atoms with E-state index in [2.05, 4.69) is 115 Å². The fraction of sp³-hybridized carbons (Fsp3) is 0.450. The fourth-order valence-corrected chi connectivity index (χ4v) is 6.32. The summed E-state index contributed by atoms with van der Waals surface area (Å²) in [5.74, 6) is 0.467. The van der Waals surface area contributed by atoms with Gasteiger partial charge in [0.25, 0.3) is 11.8 Å². The monoisotopic (exact) mass is 654 g/mol. The highest BCUT2D eigenvalue weighted by Gasteiger charge is 2.28. The molecule has 2 amide bonds. The predicted octanol–water partition coefficient (Wildman–Crippen LogP) is 8.17. The van der Waals surface area contributed by atoms with Crippen LogP contribution in [0.3, 0.4) is 0 Å². The third-order valence-electron chi connectivity index (χ3n) is 7.74. The Morgan fingerprint density at radius 2 is 0.896 bits per heavy atom. The molecule has 0 heterocycles. The van der Waals surface area contributed by atoms with Crippen LogP contribution in [-0.4, -0.2) is 37.5 Å². The maximum Gasteiger partial charge on any atom is 0.277 e. The Morgan fingerprint density at radius 3 is 1.21 bits per heavy atom. The molecular formula is C40H54N4O4. The van der Waals surface area contributed by atoms with Crippen LogP contribution in [0, 0.1) is 10.8 Å². The minimum Gasteiger partial charge on any atom is -0.484 e. The number of carbonyl (C=O) groups excluding carboxylic acids is 2. The molecule has 258 valence electrons. The van der Waals surface area contributed by atoms with Crippen molar-refractivity contribution in [1.29, 1.82) is 0 Å². The van der Waals surface area contributed by atoms with E-state index >= 15 is 0 Å². The highest BCUT2D eigenvalue weighted by molar-refractivity contribution is 5.95. The SMILES string of the molecule is CC(C)(C)CC(C)(C)c1ccc(OCC(=O)N/N=C\c2ccccc2/C=N/NC(=O)COc2ccc(C(C)(C)CC(C)(C)C)cc2)cc1. The van der Waals surface area contributed by atoms with Gasteiger partial charge >= 0.3 is 0 Å². The molecule has 0 saturated heterocycles. The van der Waals surface area contributed by atoms with Crippen LogP contribution in [-0.2, 0) is 20.4 Å². The average Bonchev–Trinajstić information content (AvgIpc) is 2.98. The van der Waals surface area contributed by atoms with Gasteiger partial charge < -0.3 is 9.47 Å². The molecule has 3 aromatic rings. The van der Waals surface area contributed by atoms with E-state index in [0.29, 0.717) is 22.6 Å². The first-order valence-electron chi connectivity index (χ1n) is 16.5. The second-order valence-electron chi connectivity index (χ2n) is 16.1. The van der Waals surface area contributed by atoms with Crippen LogP contribution in [0.15, 0.2) is 83.0 Å². The Labute approximate surface area is 287 Å². The molecule has 0 bridgehead atoms. The van der Waals surface area contributed by atoms with Crippen LogP contribution < -0.4 is 20.3 Å². The van der Waals surface area contributed by atoms with Crippen LogP contribution in [0.2, 0.25) is 0 Å². The summed E-state index contributed by atoms with van der Waals surface area (Å²) < 4.78 is 11.3. The number of hydrogen-bond acceptors (Lipinski definition) is 6. The summed E-state index contributed by atoms with van der Waals surface area (Å²) in [4.78, 5) is 24.7. The normalized spacial score (nSPS) is 12.7. The molecule has 0 atom stereocenters. The maximum atomic E-state index is 12.4. The number of hydrazone groups is 2. The molecule has 3 rings (SSSR count). The van der Waals surface area contributed by atoms with Gasteiger partial charge in [0, 0.05) is 11.1 Å². The van der Waals surface area contributed by atoms with Gasteiger partial charge in [0.05, 0.1) is 12.4 Å². The van der Waals surface area contributed by atoms with Crippen molar-refractivity contribution in [1.82, 2.24) is 10.9 Å². The van der Waals surface area contributed by atoms with Crippen molar-refractivity contribution in [3.8, 4) is 11.5 Å². The summed E-state index contributed by atoms with van der Waals surface area (Å²) >= 11 is 0. The Bertz CT molecular complexity index is 1440. The van der Waals surface area contributed by atoms with Gasteiger partial charge in [0.15, 0.2) is 13.2 Å². The van der Waals surface area contributed by atoms with E-state index in [4.69, 9.17) is 9.47 Å². The van der Waals surface area contributed by atoms with Gasteiger partial charge in [-0.05, 0) is 69.9 Å². The van der Waals surface area contributed by atoms with Crippen molar-refractivity contribution >= 4 is 24.2 Å². The van der Waals surface area contributed by atoms with E-state index in [9.17, 15) is 9.59 Å². The van der Waals surface area contributed by atoms with Gasteiger partial charge in [-0.3, -0.25) is 9.59 Å². The first-order valence-corrected chi connectivity index (χ1v) is 16.5. The van der Waals surface area contributed by atoms with E-state index in [-0.39, 0.29) is 46.7 Å². The molecular weight excluding hydrogens is 600 g/mol. The number of rotatable bonds is 14. The number of nitrogens with zero attached hydrogens (tertiary/aromatic N) is 2. The molecule has 0 radical (unpaired) electrons. The molecule has 48 heavy (non-hydrogen) atoms.